The minimum Gasteiger partial charge on any atom is -0.490 e. The lowest BCUT2D eigenvalue weighted by atomic mass is 9.84. The molecular formula is C16H19F2NO2. The molecule has 1 aromatic rings. The van der Waals surface area contributed by atoms with Crippen LogP contribution in [-0.2, 0) is 4.79 Å². The van der Waals surface area contributed by atoms with Crippen molar-refractivity contribution in [3.63, 3.8) is 0 Å². The summed E-state index contributed by atoms with van der Waals surface area (Å²) >= 11 is 0. The third kappa shape index (κ3) is 3.17. The number of ether oxygens (including phenoxy) is 1. The summed E-state index contributed by atoms with van der Waals surface area (Å²) in [6.07, 6.45) is 4.62. The van der Waals surface area contributed by atoms with Gasteiger partial charge in [0.25, 0.3) is 0 Å². The van der Waals surface area contributed by atoms with Gasteiger partial charge in [-0.1, -0.05) is 6.42 Å². The van der Waals surface area contributed by atoms with Crippen molar-refractivity contribution in [2.45, 2.75) is 38.2 Å². The average molecular weight is 295 g/mol. The lowest BCUT2D eigenvalue weighted by Crippen LogP contribution is -2.45. The van der Waals surface area contributed by atoms with Crippen LogP contribution in [-0.4, -0.2) is 30.0 Å². The molecule has 0 N–H and O–H groups in total. The van der Waals surface area contributed by atoms with Crippen molar-refractivity contribution < 1.29 is 18.3 Å². The van der Waals surface area contributed by atoms with E-state index in [1.807, 2.05) is 4.90 Å². The van der Waals surface area contributed by atoms with E-state index in [4.69, 9.17) is 4.74 Å². The van der Waals surface area contributed by atoms with E-state index in [2.05, 4.69) is 0 Å². The number of benzene rings is 1. The SMILES string of the molecule is O=C(C1CCC1)N1CCC(Oc2ccc(F)c(F)c2)CC1. The summed E-state index contributed by atoms with van der Waals surface area (Å²) < 4.78 is 31.7. The molecule has 0 atom stereocenters. The number of halogens is 2. The first-order chi connectivity index (χ1) is 10.1. The molecule has 0 unspecified atom stereocenters. The maximum absolute atomic E-state index is 13.1. The van der Waals surface area contributed by atoms with Crippen molar-refractivity contribution in [3.05, 3.63) is 29.8 Å². The number of hydrogen-bond acceptors (Lipinski definition) is 2. The monoisotopic (exact) mass is 295 g/mol. The molecule has 0 radical (unpaired) electrons. The van der Waals surface area contributed by atoms with Gasteiger partial charge in [0.15, 0.2) is 11.6 Å². The molecule has 3 rings (SSSR count). The fourth-order valence-corrected chi connectivity index (χ4v) is 2.85. The van der Waals surface area contributed by atoms with Crippen molar-refractivity contribution in [1.82, 2.24) is 4.90 Å². The normalized spacial score (nSPS) is 20.2. The van der Waals surface area contributed by atoms with Crippen LogP contribution in [0.4, 0.5) is 8.78 Å². The third-order valence-electron chi connectivity index (χ3n) is 4.40. The number of nitrogens with zero attached hydrogens (tertiary/aromatic N) is 1. The molecule has 1 saturated heterocycles. The lowest BCUT2D eigenvalue weighted by Gasteiger charge is -2.36. The molecule has 1 heterocycles. The molecule has 5 heteroatoms. The number of rotatable bonds is 3. The van der Waals surface area contributed by atoms with Gasteiger partial charge in [-0.2, -0.15) is 0 Å². The first kappa shape index (κ1) is 14.3. The fourth-order valence-electron chi connectivity index (χ4n) is 2.85. The zero-order valence-corrected chi connectivity index (χ0v) is 11.9. The summed E-state index contributed by atoms with van der Waals surface area (Å²) in [7, 11) is 0. The molecule has 1 saturated carbocycles. The summed E-state index contributed by atoms with van der Waals surface area (Å²) in [6.45, 7) is 1.37. The van der Waals surface area contributed by atoms with E-state index in [0.717, 1.165) is 44.2 Å². The first-order valence-corrected chi connectivity index (χ1v) is 7.54. The Morgan fingerprint density at radius 1 is 1.10 bits per heavy atom. The van der Waals surface area contributed by atoms with E-state index < -0.39 is 11.6 Å². The van der Waals surface area contributed by atoms with Crippen LogP contribution >= 0.6 is 0 Å². The molecule has 1 amide bonds. The predicted octanol–water partition coefficient (Wildman–Crippen LogP) is 3.13. The van der Waals surface area contributed by atoms with Gasteiger partial charge in [-0.25, -0.2) is 8.78 Å². The van der Waals surface area contributed by atoms with Crippen LogP contribution in [0.3, 0.4) is 0 Å². The van der Waals surface area contributed by atoms with E-state index >= 15 is 0 Å². The maximum Gasteiger partial charge on any atom is 0.225 e. The van der Waals surface area contributed by atoms with Gasteiger partial charge in [-0.15, -0.1) is 0 Å². The highest BCUT2D eigenvalue weighted by Gasteiger charge is 2.32. The van der Waals surface area contributed by atoms with Crippen LogP contribution in [0.5, 0.6) is 5.75 Å². The van der Waals surface area contributed by atoms with Gasteiger partial charge >= 0.3 is 0 Å². The Kier molecular flexibility index (Phi) is 4.08. The number of hydrogen-bond donors (Lipinski definition) is 0. The molecule has 3 nitrogen and oxygen atoms in total. The molecule has 114 valence electrons. The Morgan fingerprint density at radius 3 is 2.38 bits per heavy atom. The summed E-state index contributed by atoms with van der Waals surface area (Å²) in [5.41, 5.74) is 0. The Bertz CT molecular complexity index is 523. The lowest BCUT2D eigenvalue weighted by molar-refractivity contribution is -0.140. The maximum atomic E-state index is 13.1. The zero-order valence-electron chi connectivity index (χ0n) is 11.9. The van der Waals surface area contributed by atoms with Gasteiger partial charge in [-0.3, -0.25) is 4.79 Å². The topological polar surface area (TPSA) is 29.5 Å². The fraction of sp³-hybridized carbons (Fsp3) is 0.562. The largest absolute Gasteiger partial charge is 0.490 e. The minimum absolute atomic E-state index is 0.0414. The van der Waals surface area contributed by atoms with E-state index in [0.29, 0.717) is 18.8 Å². The number of piperidine rings is 1. The Hall–Kier alpha value is -1.65. The highest BCUT2D eigenvalue weighted by molar-refractivity contribution is 5.79. The molecular weight excluding hydrogens is 276 g/mol. The standard InChI is InChI=1S/C16H19F2NO2/c17-14-5-4-13(10-15(14)18)21-12-6-8-19(9-7-12)16(20)11-2-1-3-11/h4-5,10-12H,1-3,6-9H2. The Morgan fingerprint density at radius 2 is 1.81 bits per heavy atom. The van der Waals surface area contributed by atoms with E-state index in [1.165, 1.54) is 6.07 Å². The highest BCUT2D eigenvalue weighted by atomic mass is 19.2. The number of carbonyl (C=O) groups excluding carboxylic acids is 1. The average Bonchev–Trinajstić information content (AvgIpc) is 2.42. The van der Waals surface area contributed by atoms with Crippen molar-refractivity contribution in [2.75, 3.05) is 13.1 Å². The van der Waals surface area contributed by atoms with Crippen molar-refractivity contribution in [1.29, 1.82) is 0 Å². The summed E-state index contributed by atoms with van der Waals surface area (Å²) in [6, 6.07) is 3.57. The second-order valence-corrected chi connectivity index (χ2v) is 5.85. The van der Waals surface area contributed by atoms with Crippen molar-refractivity contribution >= 4 is 5.91 Å². The van der Waals surface area contributed by atoms with Crippen molar-refractivity contribution in [3.8, 4) is 5.75 Å². The van der Waals surface area contributed by atoms with Gasteiger partial charge in [0, 0.05) is 37.9 Å². The van der Waals surface area contributed by atoms with Crippen LogP contribution in [0.2, 0.25) is 0 Å². The van der Waals surface area contributed by atoms with Gasteiger partial charge in [0.05, 0.1) is 0 Å². The molecule has 0 spiro atoms. The highest BCUT2D eigenvalue weighted by Crippen LogP contribution is 2.29. The third-order valence-corrected chi connectivity index (χ3v) is 4.40. The van der Waals surface area contributed by atoms with Gasteiger partial charge in [-0.05, 0) is 25.0 Å². The van der Waals surface area contributed by atoms with Crippen LogP contribution in [0, 0.1) is 17.6 Å². The van der Waals surface area contributed by atoms with E-state index in [9.17, 15) is 13.6 Å². The molecule has 1 aliphatic heterocycles. The van der Waals surface area contributed by atoms with Gasteiger partial charge in [0.1, 0.15) is 11.9 Å². The van der Waals surface area contributed by atoms with Crippen LogP contribution in [0.1, 0.15) is 32.1 Å². The number of likely N-dealkylation sites (tertiary alicyclic amines) is 1. The van der Waals surface area contributed by atoms with Crippen LogP contribution < -0.4 is 4.74 Å². The zero-order chi connectivity index (χ0) is 14.8. The van der Waals surface area contributed by atoms with Crippen LogP contribution in [0.15, 0.2) is 18.2 Å². The quantitative estimate of drug-likeness (QED) is 0.857. The molecule has 0 bridgehead atoms. The summed E-state index contributed by atoms with van der Waals surface area (Å²) in [5, 5.41) is 0. The molecule has 21 heavy (non-hydrogen) atoms. The Balaban J connectivity index is 1.51. The smallest absolute Gasteiger partial charge is 0.225 e. The molecule has 1 aliphatic carbocycles. The number of amides is 1. The van der Waals surface area contributed by atoms with Crippen LogP contribution in [0.25, 0.3) is 0 Å². The summed E-state index contributed by atoms with van der Waals surface area (Å²) in [4.78, 5) is 14.0. The van der Waals surface area contributed by atoms with Gasteiger partial charge in [0.2, 0.25) is 5.91 Å². The minimum atomic E-state index is -0.898. The molecule has 1 aromatic carbocycles. The Labute approximate surface area is 122 Å². The van der Waals surface area contributed by atoms with Crippen molar-refractivity contribution in [2.24, 2.45) is 5.92 Å². The predicted molar refractivity (Wildman–Crippen MR) is 73.9 cm³/mol. The molecule has 0 aromatic heterocycles. The van der Waals surface area contributed by atoms with Gasteiger partial charge < -0.3 is 9.64 Å². The van der Waals surface area contributed by atoms with E-state index in [-0.39, 0.29) is 17.9 Å². The van der Waals surface area contributed by atoms with E-state index in [1.54, 1.807) is 0 Å². The molecule has 2 fully saturated rings. The summed E-state index contributed by atoms with van der Waals surface area (Å²) in [5.74, 6) is -0.924. The molecule has 2 aliphatic rings. The number of carbonyl (C=O) groups is 1. The second kappa shape index (κ2) is 6.00. The second-order valence-electron chi connectivity index (χ2n) is 5.85. The first-order valence-electron chi connectivity index (χ1n) is 7.54.